The number of pyridine rings is 1. The van der Waals surface area contributed by atoms with Gasteiger partial charge >= 0.3 is 5.97 Å². The van der Waals surface area contributed by atoms with Crippen LogP contribution in [0.15, 0.2) is 35.0 Å². The minimum absolute atomic E-state index is 0.0588. The highest BCUT2D eigenvalue weighted by Crippen LogP contribution is 2.36. The molecule has 0 radical (unpaired) electrons. The fraction of sp³-hybridized carbons (Fsp3) is 0.211. The van der Waals surface area contributed by atoms with Gasteiger partial charge in [-0.3, -0.25) is 9.78 Å². The van der Waals surface area contributed by atoms with Crippen LogP contribution in [0.3, 0.4) is 0 Å². The highest BCUT2D eigenvalue weighted by atomic mass is 127. The van der Waals surface area contributed by atoms with Crippen molar-refractivity contribution in [2.24, 2.45) is 0 Å². The van der Waals surface area contributed by atoms with Crippen LogP contribution in [0, 0.1) is 9.39 Å². The summed E-state index contributed by atoms with van der Waals surface area (Å²) in [6.07, 6.45) is 2.75. The zero-order chi connectivity index (χ0) is 20.4. The van der Waals surface area contributed by atoms with Gasteiger partial charge in [0.1, 0.15) is 17.1 Å². The third-order valence-corrected chi connectivity index (χ3v) is 4.55. The van der Waals surface area contributed by atoms with Crippen LogP contribution in [0.25, 0.3) is 11.0 Å². The van der Waals surface area contributed by atoms with Crippen LogP contribution in [0.5, 0.6) is 0 Å². The summed E-state index contributed by atoms with van der Waals surface area (Å²) >= 11 is 2.00. The first-order valence-corrected chi connectivity index (χ1v) is 9.42. The van der Waals surface area contributed by atoms with Gasteiger partial charge in [-0.05, 0) is 47.7 Å². The fourth-order valence-electron chi connectivity index (χ4n) is 2.57. The molecular weight excluding hydrogens is 480 g/mol. The first kappa shape index (κ1) is 20.1. The monoisotopic (exact) mass is 497 g/mol. The summed E-state index contributed by atoms with van der Waals surface area (Å²) in [6.45, 7) is 1.86. The van der Waals surface area contributed by atoms with Crippen LogP contribution in [0.1, 0.15) is 27.8 Å². The van der Waals surface area contributed by atoms with Gasteiger partial charge in [0, 0.05) is 30.1 Å². The second-order valence-corrected chi connectivity index (χ2v) is 7.28. The molecule has 1 aromatic carbocycles. The van der Waals surface area contributed by atoms with Crippen molar-refractivity contribution in [2.45, 2.75) is 6.92 Å². The van der Waals surface area contributed by atoms with Gasteiger partial charge in [0.25, 0.3) is 5.91 Å². The first-order chi connectivity index (χ1) is 13.3. The van der Waals surface area contributed by atoms with Crippen molar-refractivity contribution in [3.8, 4) is 0 Å². The second kappa shape index (κ2) is 8.13. The van der Waals surface area contributed by atoms with E-state index >= 15 is 0 Å². The molecular formula is C19H17FIN3O4. The van der Waals surface area contributed by atoms with Crippen molar-refractivity contribution in [3.63, 3.8) is 0 Å². The predicted molar refractivity (Wildman–Crippen MR) is 110 cm³/mol. The Hall–Kier alpha value is -2.69. The van der Waals surface area contributed by atoms with Gasteiger partial charge in [-0.15, -0.1) is 0 Å². The Kier molecular flexibility index (Phi) is 5.82. The Bertz CT molecular complexity index is 1060. The van der Waals surface area contributed by atoms with E-state index in [1.165, 1.54) is 23.4 Å². The molecule has 2 heterocycles. The van der Waals surface area contributed by atoms with E-state index < -0.39 is 17.7 Å². The predicted octanol–water partition coefficient (Wildman–Crippen LogP) is 4.19. The average Bonchev–Trinajstić information content (AvgIpc) is 3.01. The molecule has 1 N–H and O–H groups in total. The zero-order valence-corrected chi connectivity index (χ0v) is 17.5. The van der Waals surface area contributed by atoms with Crippen molar-refractivity contribution in [3.05, 3.63) is 51.3 Å². The molecule has 0 aliphatic heterocycles. The highest BCUT2D eigenvalue weighted by molar-refractivity contribution is 14.1. The summed E-state index contributed by atoms with van der Waals surface area (Å²) in [5, 5.41) is 3.28. The number of aromatic nitrogens is 1. The maximum atomic E-state index is 14.4. The van der Waals surface area contributed by atoms with Crippen LogP contribution in [-0.2, 0) is 4.74 Å². The minimum Gasteiger partial charge on any atom is -0.462 e. The van der Waals surface area contributed by atoms with Crippen LogP contribution >= 0.6 is 22.6 Å². The molecule has 0 fully saturated rings. The summed E-state index contributed by atoms with van der Waals surface area (Å²) in [7, 11) is 3.13. The molecule has 0 saturated heterocycles. The van der Waals surface area contributed by atoms with E-state index in [2.05, 4.69) is 10.3 Å². The molecule has 1 amide bonds. The van der Waals surface area contributed by atoms with E-state index in [0.29, 0.717) is 5.39 Å². The van der Waals surface area contributed by atoms with Crippen molar-refractivity contribution in [2.75, 3.05) is 26.0 Å². The molecule has 0 spiro atoms. The highest BCUT2D eigenvalue weighted by Gasteiger charge is 2.26. The summed E-state index contributed by atoms with van der Waals surface area (Å²) < 4.78 is 25.9. The number of amides is 1. The van der Waals surface area contributed by atoms with Gasteiger partial charge < -0.3 is 19.4 Å². The largest absolute Gasteiger partial charge is 0.462 e. The smallest absolute Gasteiger partial charge is 0.343 e. The van der Waals surface area contributed by atoms with Crippen LogP contribution in [0.2, 0.25) is 0 Å². The quantitative estimate of drug-likeness (QED) is 0.421. The number of rotatable bonds is 5. The van der Waals surface area contributed by atoms with Crippen LogP contribution in [-0.4, -0.2) is 42.5 Å². The molecule has 0 unspecified atom stereocenters. The van der Waals surface area contributed by atoms with Gasteiger partial charge in [0.2, 0.25) is 5.76 Å². The van der Waals surface area contributed by atoms with Gasteiger partial charge in [0.05, 0.1) is 17.7 Å². The zero-order valence-electron chi connectivity index (χ0n) is 15.4. The SMILES string of the molecule is CCOC(=O)c1cncc2c(Nc3ccc(I)cc3F)c(C(=O)N(C)C)oc12. The van der Waals surface area contributed by atoms with Crippen molar-refractivity contribution in [1.29, 1.82) is 0 Å². The Morgan fingerprint density at radius 3 is 2.71 bits per heavy atom. The summed E-state index contributed by atoms with van der Waals surface area (Å²) in [4.78, 5) is 30.2. The molecule has 0 aliphatic carbocycles. The summed E-state index contributed by atoms with van der Waals surface area (Å²) in [5.41, 5.74) is 0.625. The van der Waals surface area contributed by atoms with Crippen molar-refractivity contribution in [1.82, 2.24) is 9.88 Å². The van der Waals surface area contributed by atoms with Crippen molar-refractivity contribution >= 4 is 56.8 Å². The number of halogens is 2. The third-order valence-electron chi connectivity index (χ3n) is 3.88. The van der Waals surface area contributed by atoms with E-state index in [9.17, 15) is 14.0 Å². The molecule has 0 bridgehead atoms. The normalized spacial score (nSPS) is 10.8. The number of hydrogen-bond acceptors (Lipinski definition) is 6. The number of nitrogens with zero attached hydrogens (tertiary/aromatic N) is 2. The lowest BCUT2D eigenvalue weighted by molar-refractivity contribution is 0.0526. The van der Waals surface area contributed by atoms with Gasteiger partial charge in [-0.2, -0.15) is 0 Å². The lowest BCUT2D eigenvalue weighted by Crippen LogP contribution is -2.22. The van der Waals surface area contributed by atoms with E-state index in [1.54, 1.807) is 33.2 Å². The number of fused-ring (bicyclic) bond motifs is 1. The van der Waals surface area contributed by atoms with E-state index in [0.717, 1.165) is 3.57 Å². The van der Waals surface area contributed by atoms with Crippen molar-refractivity contribution < 1.29 is 23.1 Å². The Balaban J connectivity index is 2.21. The average molecular weight is 497 g/mol. The topological polar surface area (TPSA) is 84.7 Å². The summed E-state index contributed by atoms with van der Waals surface area (Å²) in [5.74, 6) is -1.61. The standard InChI is InChI=1S/C19H17FIN3O4/c1-4-27-19(26)12-9-22-8-11-15(17(28-16(11)12)18(25)24(2)3)23-14-6-5-10(21)7-13(14)20/h5-9,23H,4H2,1-3H3. The number of benzene rings is 1. The number of furan rings is 1. The number of hydrogen-bond donors (Lipinski definition) is 1. The van der Waals surface area contributed by atoms with Crippen LogP contribution in [0.4, 0.5) is 15.8 Å². The molecule has 0 atom stereocenters. The number of carbonyl (C=O) groups excluding carboxylic acids is 2. The van der Waals surface area contributed by atoms with Crippen LogP contribution < -0.4 is 5.32 Å². The number of anilines is 2. The molecule has 2 aromatic heterocycles. The lowest BCUT2D eigenvalue weighted by atomic mass is 10.2. The molecule has 0 saturated carbocycles. The van der Waals surface area contributed by atoms with E-state index in [-0.39, 0.29) is 34.9 Å². The molecule has 146 valence electrons. The first-order valence-electron chi connectivity index (χ1n) is 8.34. The molecule has 0 aliphatic rings. The van der Waals surface area contributed by atoms with E-state index in [4.69, 9.17) is 9.15 Å². The minimum atomic E-state index is -0.620. The Morgan fingerprint density at radius 2 is 2.07 bits per heavy atom. The molecule has 28 heavy (non-hydrogen) atoms. The fourth-order valence-corrected chi connectivity index (χ4v) is 3.02. The number of nitrogens with one attached hydrogen (secondary N) is 1. The van der Waals surface area contributed by atoms with Gasteiger partial charge in [0.15, 0.2) is 5.58 Å². The number of esters is 1. The molecule has 7 nitrogen and oxygen atoms in total. The Morgan fingerprint density at radius 1 is 1.32 bits per heavy atom. The maximum absolute atomic E-state index is 14.4. The molecule has 3 aromatic rings. The third kappa shape index (κ3) is 3.79. The lowest BCUT2D eigenvalue weighted by Gasteiger charge is -2.11. The molecule has 9 heteroatoms. The number of ether oxygens (including phenoxy) is 1. The second-order valence-electron chi connectivity index (χ2n) is 6.04. The summed E-state index contributed by atoms with van der Waals surface area (Å²) in [6, 6.07) is 4.65. The molecule has 3 rings (SSSR count). The van der Waals surface area contributed by atoms with E-state index in [1.807, 2.05) is 22.6 Å². The Labute approximate surface area is 174 Å². The maximum Gasteiger partial charge on any atom is 0.343 e. The number of carbonyl (C=O) groups is 2. The van der Waals surface area contributed by atoms with Gasteiger partial charge in [-0.1, -0.05) is 0 Å². The van der Waals surface area contributed by atoms with Gasteiger partial charge in [-0.25, -0.2) is 9.18 Å².